The van der Waals surface area contributed by atoms with E-state index in [1.807, 2.05) is 16.7 Å². The van der Waals surface area contributed by atoms with Gasteiger partial charge in [0.1, 0.15) is 5.75 Å². The number of rotatable bonds is 2. The van der Waals surface area contributed by atoms with Gasteiger partial charge in [-0.05, 0) is 67.2 Å². The first-order valence-corrected chi connectivity index (χ1v) is 8.23. The lowest BCUT2D eigenvalue weighted by Gasteiger charge is -2.20. The van der Waals surface area contributed by atoms with Crippen LogP contribution in [-0.2, 0) is 12.8 Å². The summed E-state index contributed by atoms with van der Waals surface area (Å²) in [5.41, 5.74) is 4.47. The van der Waals surface area contributed by atoms with Gasteiger partial charge in [0.05, 0.1) is 11.3 Å². The first-order chi connectivity index (χ1) is 11.3. The molecule has 0 unspecified atom stereocenters. The van der Waals surface area contributed by atoms with Crippen molar-refractivity contribution >= 4 is 12.2 Å². The number of nitrogens with zero attached hydrogens (tertiary/aromatic N) is 2. The van der Waals surface area contributed by atoms with Crippen molar-refractivity contribution in [2.75, 3.05) is 0 Å². The zero-order valence-electron chi connectivity index (χ0n) is 12.6. The fourth-order valence-electron chi connectivity index (χ4n) is 3.33. The molecule has 0 fully saturated rings. The molecule has 0 spiro atoms. The molecular weight excluding hydrogens is 306 g/mol. The molecule has 0 bridgehead atoms. The van der Waals surface area contributed by atoms with Gasteiger partial charge in [-0.2, -0.15) is 5.10 Å². The van der Waals surface area contributed by atoms with E-state index in [9.17, 15) is 5.11 Å². The van der Waals surface area contributed by atoms with Gasteiger partial charge >= 0.3 is 0 Å². The molecular formula is C18H17N3OS. The van der Waals surface area contributed by atoms with Crippen molar-refractivity contribution < 1.29 is 5.11 Å². The average molecular weight is 323 g/mol. The fraction of sp³-hybridized carbons (Fsp3) is 0.222. The molecule has 4 rings (SSSR count). The number of hydrogen-bond acceptors (Lipinski definition) is 3. The topological polar surface area (TPSA) is 53.8 Å². The van der Waals surface area contributed by atoms with Crippen molar-refractivity contribution in [1.29, 1.82) is 0 Å². The van der Waals surface area contributed by atoms with E-state index in [-0.39, 0.29) is 5.75 Å². The first-order valence-electron chi connectivity index (χ1n) is 7.82. The predicted molar refractivity (Wildman–Crippen MR) is 92.5 cm³/mol. The van der Waals surface area contributed by atoms with Gasteiger partial charge in [-0.25, -0.2) is 0 Å². The lowest BCUT2D eigenvalue weighted by molar-refractivity contribution is 0.476. The third kappa shape index (κ3) is 2.37. The quantitative estimate of drug-likeness (QED) is 0.696. The maximum Gasteiger partial charge on any atom is 0.200 e. The van der Waals surface area contributed by atoms with Crippen LogP contribution >= 0.6 is 12.2 Å². The number of aromatic amines is 1. The van der Waals surface area contributed by atoms with E-state index in [0.717, 1.165) is 18.5 Å². The third-order valence-electron chi connectivity index (χ3n) is 4.43. The number of phenolic OH excluding ortho intramolecular Hbond substituents is 1. The summed E-state index contributed by atoms with van der Waals surface area (Å²) in [5, 5.41) is 17.4. The summed E-state index contributed by atoms with van der Waals surface area (Å²) < 4.78 is 2.48. The molecule has 0 aliphatic heterocycles. The van der Waals surface area contributed by atoms with E-state index in [0.29, 0.717) is 16.2 Å². The Kier molecular flexibility index (Phi) is 3.50. The lowest BCUT2D eigenvalue weighted by atomic mass is 9.90. The highest BCUT2D eigenvalue weighted by Crippen LogP contribution is 2.32. The summed E-state index contributed by atoms with van der Waals surface area (Å²) in [5.74, 6) is 0.847. The molecule has 0 saturated heterocycles. The first kappa shape index (κ1) is 14.2. The minimum Gasteiger partial charge on any atom is -0.507 e. The van der Waals surface area contributed by atoms with Gasteiger partial charge in [0.25, 0.3) is 0 Å². The lowest BCUT2D eigenvalue weighted by Crippen LogP contribution is -2.09. The van der Waals surface area contributed by atoms with Crippen LogP contribution in [0.2, 0.25) is 0 Å². The van der Waals surface area contributed by atoms with Gasteiger partial charge in [-0.15, -0.1) is 0 Å². The highest BCUT2D eigenvalue weighted by molar-refractivity contribution is 7.71. The molecule has 2 N–H and O–H groups in total. The molecule has 1 aromatic heterocycles. The molecule has 1 aliphatic rings. The Balaban J connectivity index is 1.97. The smallest absolute Gasteiger partial charge is 0.200 e. The number of nitrogens with one attached hydrogen (secondary N) is 1. The Labute approximate surface area is 139 Å². The highest BCUT2D eigenvalue weighted by Gasteiger charge is 2.19. The summed E-state index contributed by atoms with van der Waals surface area (Å²) in [6.07, 6.45) is 4.60. The summed E-state index contributed by atoms with van der Waals surface area (Å²) in [6, 6.07) is 13.6. The van der Waals surface area contributed by atoms with Crippen LogP contribution in [-0.4, -0.2) is 19.9 Å². The van der Waals surface area contributed by atoms with E-state index in [1.54, 1.807) is 12.1 Å². The van der Waals surface area contributed by atoms with Crippen molar-refractivity contribution in [3.05, 3.63) is 58.4 Å². The normalized spacial score (nSPS) is 13.7. The average Bonchev–Trinajstić information content (AvgIpc) is 2.96. The van der Waals surface area contributed by atoms with Gasteiger partial charge in [-0.1, -0.05) is 24.3 Å². The minimum absolute atomic E-state index is 0.201. The third-order valence-corrected chi connectivity index (χ3v) is 4.70. The standard InChI is InChI=1S/C18H17N3OS/c22-16-11-4-3-9-14(16)17-19-20-18(23)21(17)15-10-5-7-12-6-1-2-8-13(12)15/h3-5,7,9-11,22H,1-2,6,8H2,(H,20,23). The van der Waals surface area contributed by atoms with Crippen molar-refractivity contribution in [3.63, 3.8) is 0 Å². The van der Waals surface area contributed by atoms with Crippen LogP contribution in [0.4, 0.5) is 0 Å². The summed E-state index contributed by atoms with van der Waals surface area (Å²) >= 11 is 5.47. The van der Waals surface area contributed by atoms with Crippen LogP contribution in [0.1, 0.15) is 24.0 Å². The summed E-state index contributed by atoms with van der Waals surface area (Å²) in [7, 11) is 0. The monoisotopic (exact) mass is 323 g/mol. The summed E-state index contributed by atoms with van der Waals surface area (Å²) in [4.78, 5) is 0. The molecule has 5 heteroatoms. The SMILES string of the molecule is Oc1ccccc1-c1n[nH]c(=S)n1-c1cccc2c1CCCC2. The van der Waals surface area contributed by atoms with E-state index in [1.165, 1.54) is 24.0 Å². The van der Waals surface area contributed by atoms with E-state index < -0.39 is 0 Å². The zero-order chi connectivity index (χ0) is 15.8. The Hall–Kier alpha value is -2.40. The van der Waals surface area contributed by atoms with Crippen LogP contribution in [0.25, 0.3) is 17.1 Å². The number of aryl methyl sites for hydroxylation is 1. The second-order valence-corrected chi connectivity index (χ2v) is 6.21. The van der Waals surface area contributed by atoms with Crippen LogP contribution in [0.15, 0.2) is 42.5 Å². The van der Waals surface area contributed by atoms with Crippen LogP contribution in [0.5, 0.6) is 5.75 Å². The number of benzene rings is 2. The molecule has 0 atom stereocenters. The molecule has 0 amide bonds. The molecule has 3 aromatic rings. The number of aromatic nitrogens is 3. The molecule has 1 aliphatic carbocycles. The Morgan fingerprint density at radius 1 is 1.04 bits per heavy atom. The minimum atomic E-state index is 0.201. The fourth-order valence-corrected chi connectivity index (χ4v) is 3.56. The van der Waals surface area contributed by atoms with E-state index in [2.05, 4.69) is 28.4 Å². The second-order valence-electron chi connectivity index (χ2n) is 5.83. The van der Waals surface area contributed by atoms with E-state index in [4.69, 9.17) is 12.2 Å². The maximum atomic E-state index is 10.2. The van der Waals surface area contributed by atoms with E-state index >= 15 is 0 Å². The highest BCUT2D eigenvalue weighted by atomic mass is 32.1. The molecule has 1 heterocycles. The van der Waals surface area contributed by atoms with Crippen LogP contribution < -0.4 is 0 Å². The van der Waals surface area contributed by atoms with Gasteiger partial charge in [0, 0.05) is 0 Å². The molecule has 23 heavy (non-hydrogen) atoms. The second kappa shape index (κ2) is 5.66. The van der Waals surface area contributed by atoms with Gasteiger partial charge < -0.3 is 5.11 Å². The number of H-pyrrole nitrogens is 1. The molecule has 0 radical (unpaired) electrons. The largest absolute Gasteiger partial charge is 0.507 e. The Morgan fingerprint density at radius 2 is 1.87 bits per heavy atom. The van der Waals surface area contributed by atoms with Crippen molar-refractivity contribution in [1.82, 2.24) is 14.8 Å². The van der Waals surface area contributed by atoms with Gasteiger partial charge in [0.2, 0.25) is 0 Å². The van der Waals surface area contributed by atoms with Crippen LogP contribution in [0.3, 0.4) is 0 Å². The molecule has 4 nitrogen and oxygen atoms in total. The van der Waals surface area contributed by atoms with Gasteiger partial charge in [-0.3, -0.25) is 9.67 Å². The van der Waals surface area contributed by atoms with Crippen molar-refractivity contribution in [2.24, 2.45) is 0 Å². The van der Waals surface area contributed by atoms with Crippen molar-refractivity contribution in [2.45, 2.75) is 25.7 Å². The van der Waals surface area contributed by atoms with Crippen molar-refractivity contribution in [3.8, 4) is 22.8 Å². The maximum absolute atomic E-state index is 10.2. The number of fused-ring (bicyclic) bond motifs is 1. The zero-order valence-corrected chi connectivity index (χ0v) is 13.4. The molecule has 2 aromatic carbocycles. The predicted octanol–water partition coefficient (Wildman–Crippen LogP) is 4.18. The number of hydrogen-bond donors (Lipinski definition) is 2. The van der Waals surface area contributed by atoms with Crippen LogP contribution in [0, 0.1) is 4.77 Å². The number of aromatic hydroxyl groups is 1. The summed E-state index contributed by atoms with van der Waals surface area (Å²) in [6.45, 7) is 0. The number of para-hydroxylation sites is 1. The van der Waals surface area contributed by atoms with Gasteiger partial charge in [0.15, 0.2) is 10.6 Å². The Morgan fingerprint density at radius 3 is 2.74 bits per heavy atom. The Bertz CT molecular complexity index is 926. The molecule has 0 saturated carbocycles. The number of phenols is 1. The molecule has 116 valence electrons.